The molecule has 1 aliphatic carbocycles. The number of benzene rings is 1. The van der Waals surface area contributed by atoms with Crippen molar-refractivity contribution in [1.82, 2.24) is 0 Å². The number of hydrogen-bond acceptors (Lipinski definition) is 0. The van der Waals surface area contributed by atoms with Gasteiger partial charge in [0.1, 0.15) is 0 Å². The van der Waals surface area contributed by atoms with Crippen LogP contribution in [-0.2, 0) is 5.41 Å². The summed E-state index contributed by atoms with van der Waals surface area (Å²) in [6, 6.07) is 6.57. The Labute approximate surface area is 68.3 Å². The highest BCUT2D eigenvalue weighted by molar-refractivity contribution is 5.59. The molecule has 0 bridgehead atoms. The van der Waals surface area contributed by atoms with Crippen molar-refractivity contribution >= 4 is 0 Å². The van der Waals surface area contributed by atoms with Gasteiger partial charge in [0, 0.05) is 0 Å². The molecule has 2 rings (SSSR count). The molecule has 1 aliphatic rings. The molecule has 0 saturated carbocycles. The first kappa shape index (κ1) is 6.90. The average Bonchev–Trinajstić information content (AvgIpc) is 2.60. The number of hydrogen-bond donors (Lipinski definition) is 0. The van der Waals surface area contributed by atoms with Gasteiger partial charge in [-0.15, -0.1) is 0 Å². The van der Waals surface area contributed by atoms with Gasteiger partial charge in [-0.3, -0.25) is 0 Å². The first-order valence-corrected chi connectivity index (χ1v) is 3.99. The highest BCUT2D eigenvalue weighted by Crippen LogP contribution is 2.34. The maximum Gasteiger partial charge on any atom is 0.0508 e. The molecule has 1 aromatic carbocycles. The van der Waals surface area contributed by atoms with Crippen LogP contribution in [0.3, 0.4) is 0 Å². The third kappa shape index (κ3) is 1.18. The van der Waals surface area contributed by atoms with Gasteiger partial charge in [0.05, 0.1) is 6.42 Å². The maximum absolute atomic E-state index is 3.20. The fourth-order valence-electron chi connectivity index (χ4n) is 1.20. The van der Waals surface area contributed by atoms with Crippen LogP contribution in [0.4, 0.5) is 0 Å². The molecule has 0 fully saturated rings. The summed E-state index contributed by atoms with van der Waals surface area (Å²) in [5, 5.41) is 0. The van der Waals surface area contributed by atoms with E-state index in [1.807, 2.05) is 0 Å². The predicted molar refractivity (Wildman–Crippen MR) is 46.6 cm³/mol. The minimum atomic E-state index is 0.277. The largest absolute Gasteiger partial charge is 0.0582 e. The summed E-state index contributed by atoms with van der Waals surface area (Å²) in [7, 11) is 0. The van der Waals surface area contributed by atoms with Crippen molar-refractivity contribution in [2.75, 3.05) is 0 Å². The second kappa shape index (κ2) is 1.88. The summed E-state index contributed by atoms with van der Waals surface area (Å²) in [5.41, 5.74) is 4.27. The van der Waals surface area contributed by atoms with E-state index in [9.17, 15) is 0 Å². The quantitative estimate of drug-likeness (QED) is 0.533. The zero-order chi connectivity index (χ0) is 8.06. The van der Waals surface area contributed by atoms with Crippen molar-refractivity contribution in [3.8, 4) is 0 Å². The molecule has 0 aliphatic heterocycles. The van der Waals surface area contributed by atoms with Crippen LogP contribution in [0.2, 0.25) is 0 Å². The van der Waals surface area contributed by atoms with E-state index < -0.39 is 0 Å². The molecule has 0 spiro atoms. The molecule has 11 heavy (non-hydrogen) atoms. The van der Waals surface area contributed by atoms with Gasteiger partial charge in [-0.1, -0.05) is 39.0 Å². The molecule has 1 aromatic rings. The summed E-state index contributed by atoms with van der Waals surface area (Å²) >= 11 is 0. The highest BCUT2D eigenvalue weighted by atomic mass is 14.2. The monoisotopic (exact) mass is 144 g/mol. The van der Waals surface area contributed by atoms with E-state index in [1.165, 1.54) is 16.7 Å². The van der Waals surface area contributed by atoms with Crippen LogP contribution in [0.25, 0.3) is 0 Å². The topological polar surface area (TPSA) is 0 Å². The van der Waals surface area contributed by atoms with Crippen molar-refractivity contribution in [3.05, 3.63) is 41.3 Å². The van der Waals surface area contributed by atoms with Crippen LogP contribution < -0.4 is 0 Å². The highest BCUT2D eigenvalue weighted by Gasteiger charge is 2.21. The Morgan fingerprint density at radius 1 is 1.09 bits per heavy atom. The lowest BCUT2D eigenvalue weighted by atomic mass is 9.87. The van der Waals surface area contributed by atoms with Crippen LogP contribution in [-0.4, -0.2) is 0 Å². The first-order chi connectivity index (χ1) is 5.07. The molecule has 0 heterocycles. The third-order valence-corrected chi connectivity index (χ3v) is 2.09. The molecule has 0 unspecified atom stereocenters. The van der Waals surface area contributed by atoms with Crippen molar-refractivity contribution in [3.63, 3.8) is 0 Å². The maximum atomic E-state index is 3.20. The van der Waals surface area contributed by atoms with E-state index in [0.29, 0.717) is 0 Å². The second-order valence-electron chi connectivity index (χ2n) is 4.14. The summed E-state index contributed by atoms with van der Waals surface area (Å²) in [6.45, 7) is 6.70. The van der Waals surface area contributed by atoms with Crippen LogP contribution in [0.1, 0.15) is 37.5 Å². The van der Waals surface area contributed by atoms with E-state index in [-0.39, 0.29) is 5.41 Å². The van der Waals surface area contributed by atoms with E-state index in [2.05, 4.69) is 45.4 Å². The summed E-state index contributed by atoms with van der Waals surface area (Å²) < 4.78 is 0. The third-order valence-electron chi connectivity index (χ3n) is 2.09. The molecule has 0 aromatic heterocycles. The van der Waals surface area contributed by atoms with Gasteiger partial charge in [0.25, 0.3) is 0 Å². The molecule has 2 radical (unpaired) electrons. The Bertz CT molecular complexity index is 289. The predicted octanol–water partition coefficient (Wildman–Crippen LogP) is 2.78. The lowest BCUT2D eigenvalue weighted by molar-refractivity contribution is 0.590. The van der Waals surface area contributed by atoms with Gasteiger partial charge in [0.15, 0.2) is 0 Å². The number of rotatable bonds is 0. The SMILES string of the molecule is CC(C)(C)c1ccc2c(c1)[C]2. The zero-order valence-electron chi connectivity index (χ0n) is 7.23. The molecular weight excluding hydrogens is 132 g/mol. The van der Waals surface area contributed by atoms with Crippen molar-refractivity contribution in [2.45, 2.75) is 26.2 Å². The molecule has 0 saturated heterocycles. The van der Waals surface area contributed by atoms with Gasteiger partial charge in [0.2, 0.25) is 0 Å². The van der Waals surface area contributed by atoms with E-state index in [0.717, 1.165) is 0 Å². The van der Waals surface area contributed by atoms with Crippen molar-refractivity contribution < 1.29 is 0 Å². The summed E-state index contributed by atoms with van der Waals surface area (Å²) in [4.78, 5) is 0. The van der Waals surface area contributed by atoms with Gasteiger partial charge in [-0.25, -0.2) is 0 Å². The summed E-state index contributed by atoms with van der Waals surface area (Å²) in [5.74, 6) is 0. The lowest BCUT2D eigenvalue weighted by Crippen LogP contribution is -2.10. The lowest BCUT2D eigenvalue weighted by Gasteiger charge is -2.17. The molecule has 0 atom stereocenters. The molecular formula is C11H12. The molecule has 0 amide bonds. The number of fused-ring (bicyclic) bond motifs is 1. The minimum Gasteiger partial charge on any atom is -0.0582 e. The van der Waals surface area contributed by atoms with Gasteiger partial charge < -0.3 is 0 Å². The van der Waals surface area contributed by atoms with Crippen LogP contribution in [0, 0.1) is 6.42 Å². The fourth-order valence-corrected chi connectivity index (χ4v) is 1.20. The average molecular weight is 144 g/mol. The van der Waals surface area contributed by atoms with Crippen LogP contribution in [0.5, 0.6) is 0 Å². The minimum absolute atomic E-state index is 0.277. The van der Waals surface area contributed by atoms with Gasteiger partial charge >= 0.3 is 0 Å². The van der Waals surface area contributed by atoms with Crippen LogP contribution >= 0.6 is 0 Å². The van der Waals surface area contributed by atoms with E-state index in [4.69, 9.17) is 0 Å². The van der Waals surface area contributed by atoms with Crippen molar-refractivity contribution in [1.29, 1.82) is 0 Å². The smallest absolute Gasteiger partial charge is 0.0508 e. The molecule has 0 nitrogen and oxygen atoms in total. The van der Waals surface area contributed by atoms with Gasteiger partial charge in [-0.2, -0.15) is 0 Å². The zero-order valence-corrected chi connectivity index (χ0v) is 7.23. The normalized spacial score (nSPS) is 14.5. The van der Waals surface area contributed by atoms with E-state index >= 15 is 0 Å². The molecule has 56 valence electrons. The fraction of sp³-hybridized carbons (Fsp3) is 0.364. The molecule has 0 N–H and O–H groups in total. The first-order valence-electron chi connectivity index (χ1n) is 3.99. The Balaban J connectivity index is 2.42. The molecule has 0 heteroatoms. The summed E-state index contributed by atoms with van der Waals surface area (Å²) in [6.07, 6.45) is 3.20. The van der Waals surface area contributed by atoms with E-state index in [1.54, 1.807) is 0 Å². The Morgan fingerprint density at radius 2 is 1.82 bits per heavy atom. The Morgan fingerprint density at radius 3 is 2.36 bits per heavy atom. The van der Waals surface area contributed by atoms with Gasteiger partial charge in [-0.05, 0) is 22.1 Å². The van der Waals surface area contributed by atoms with Crippen LogP contribution in [0.15, 0.2) is 18.2 Å². The Hall–Kier alpha value is -0.780. The Kier molecular flexibility index (Phi) is 1.18. The second-order valence-corrected chi connectivity index (χ2v) is 4.14. The standard InChI is InChI=1S/C11H12/c1-11(2,3)10-5-4-8-6-9(8)7-10/h4-5,7H,1-3H3. The van der Waals surface area contributed by atoms with Crippen molar-refractivity contribution in [2.24, 2.45) is 0 Å².